The van der Waals surface area contributed by atoms with Crippen molar-refractivity contribution in [1.29, 1.82) is 0 Å². The number of aryl methyl sites for hydroxylation is 4. The lowest BCUT2D eigenvalue weighted by atomic mass is 10.1. The summed E-state index contributed by atoms with van der Waals surface area (Å²) in [5, 5.41) is 16.5. The van der Waals surface area contributed by atoms with Crippen LogP contribution in [-0.2, 0) is 95.0 Å². The Morgan fingerprint density at radius 2 is 0.716 bits per heavy atom. The normalized spacial score (nSPS) is 11.7. The molecule has 0 saturated carbocycles. The van der Waals surface area contributed by atoms with Gasteiger partial charge in [-0.05, 0) is 190 Å². The van der Waals surface area contributed by atoms with Gasteiger partial charge in [0.1, 0.15) is 82.1 Å². The van der Waals surface area contributed by atoms with E-state index in [1.807, 2.05) is 97.2 Å². The van der Waals surface area contributed by atoms with Crippen molar-refractivity contribution in [3.05, 3.63) is 260 Å². The molecule has 0 aliphatic carbocycles. The van der Waals surface area contributed by atoms with Crippen LogP contribution in [0, 0.1) is 0 Å². The van der Waals surface area contributed by atoms with Crippen molar-refractivity contribution in [2.24, 2.45) is 0 Å². The molecule has 0 aliphatic heterocycles. The first-order valence-electron chi connectivity index (χ1n) is 44.9. The Bertz CT molecular complexity index is 6720. The fraction of sp³-hybridized carbons (Fsp3) is 0.359. The molecule has 0 bridgehead atoms. The summed E-state index contributed by atoms with van der Waals surface area (Å²) in [5.41, 5.74) is 6.29. The highest BCUT2D eigenvalue weighted by atomic mass is 79.9. The number of pyridine rings is 4. The Morgan fingerprint density at radius 1 is 0.411 bits per heavy atom. The van der Waals surface area contributed by atoms with E-state index in [-0.39, 0.29) is 36.7 Å². The van der Waals surface area contributed by atoms with Crippen molar-refractivity contribution in [1.82, 2.24) is 58.6 Å². The third kappa shape index (κ3) is 32.1. The van der Waals surface area contributed by atoms with Gasteiger partial charge in [-0.25, -0.2) is 44.7 Å². The number of aromatic nitrogens is 12. The summed E-state index contributed by atoms with van der Waals surface area (Å²) in [6.07, 6.45) is 8.10. The predicted octanol–water partition coefficient (Wildman–Crippen LogP) is 30.0. The summed E-state index contributed by atoms with van der Waals surface area (Å²) in [5.74, 6) is 1.79. The minimum atomic E-state index is -4.37. The summed E-state index contributed by atoms with van der Waals surface area (Å²) >= 11 is 14.9. The second-order valence-corrected chi connectivity index (χ2v) is 39.3. The van der Waals surface area contributed by atoms with E-state index in [0.717, 1.165) is 228 Å². The summed E-state index contributed by atoms with van der Waals surface area (Å²) in [7, 11) is 3.25. The number of hydrogen-bond acceptors (Lipinski definition) is 20. The number of carbonyl (C=O) groups excluding carboxylic acids is 2. The van der Waals surface area contributed by atoms with Gasteiger partial charge in [-0.1, -0.05) is 125 Å². The maximum absolute atomic E-state index is 13.0. The van der Waals surface area contributed by atoms with Gasteiger partial charge in [0.05, 0.1) is 110 Å². The van der Waals surface area contributed by atoms with Crippen molar-refractivity contribution >= 4 is 129 Å². The summed E-state index contributed by atoms with van der Waals surface area (Å²) in [6.45, 7) is 20.9. The molecule has 0 unspecified atom stereocenters. The average Bonchev–Trinajstić information content (AvgIpc) is 1.58. The van der Waals surface area contributed by atoms with Crippen molar-refractivity contribution < 1.29 is 91.1 Å². The Balaban J connectivity index is 0.000000183. The van der Waals surface area contributed by atoms with Crippen LogP contribution in [0.5, 0.6) is 23.0 Å². The Morgan fingerprint density at radius 3 is 1.04 bits per heavy atom. The number of carbonyl (C=O) groups is 2. The molecule has 4 aromatic carbocycles. The van der Waals surface area contributed by atoms with Crippen LogP contribution < -0.4 is 14.2 Å². The first-order valence-corrected chi connectivity index (χ1v) is 49.8. The average molecular weight is 2120 g/mol. The summed E-state index contributed by atoms with van der Waals surface area (Å²) in [6, 6.07) is 35.7. The Hall–Kier alpha value is -11.8. The molecule has 0 fully saturated rings. The molecule has 0 saturated heterocycles. The lowest BCUT2D eigenvalue weighted by Crippen LogP contribution is -2.27. The topological polar surface area (TPSA) is 234 Å². The van der Waals surface area contributed by atoms with E-state index in [1.54, 1.807) is 59.6 Å². The minimum absolute atomic E-state index is 0. The molecular formula is C103H110BrClF12N12O8S4. The number of thiazole rings is 4. The molecular weight excluding hydrogens is 2000 g/mol. The van der Waals surface area contributed by atoms with Crippen LogP contribution >= 0.6 is 72.9 Å². The largest absolute Gasteiger partial charge is 0.506 e. The van der Waals surface area contributed by atoms with Crippen LogP contribution in [0.4, 0.5) is 52.7 Å². The van der Waals surface area contributed by atoms with Crippen LogP contribution in [0.1, 0.15) is 193 Å². The van der Waals surface area contributed by atoms with E-state index < -0.39 is 58.5 Å². The highest BCUT2D eigenvalue weighted by Crippen LogP contribution is 2.41. The van der Waals surface area contributed by atoms with E-state index in [0.29, 0.717) is 69.3 Å². The number of fused-ring (bicyclic) bond motifs is 4. The number of ether oxygens (including phenoxy) is 5. The molecule has 20 nitrogen and oxygen atoms in total. The van der Waals surface area contributed by atoms with Gasteiger partial charge < -0.3 is 47.5 Å². The number of methoxy groups -OCH3 is 2. The zero-order valence-corrected chi connectivity index (χ0v) is 84.5. The molecule has 2 N–H and O–H groups in total. The Kier molecular flexibility index (Phi) is 39.6. The number of aromatic amines is 1. The fourth-order valence-electron chi connectivity index (χ4n) is 14.0. The van der Waals surface area contributed by atoms with Crippen LogP contribution in [0.3, 0.4) is 0 Å². The molecule has 752 valence electrons. The summed E-state index contributed by atoms with van der Waals surface area (Å²) < 4.78 is 186. The Labute approximate surface area is 839 Å². The van der Waals surface area contributed by atoms with Gasteiger partial charge in [0.2, 0.25) is 0 Å². The fourth-order valence-corrected chi connectivity index (χ4v) is 18.7. The molecule has 12 heterocycles. The number of halogens is 14. The third-order valence-electron chi connectivity index (χ3n) is 21.0. The molecule has 12 aromatic heterocycles. The van der Waals surface area contributed by atoms with Crippen molar-refractivity contribution in [2.75, 3.05) is 26.2 Å². The van der Waals surface area contributed by atoms with Gasteiger partial charge in [-0.3, -0.25) is 4.79 Å². The number of nitrogens with zero attached hydrogens (tertiary/aromatic N) is 11. The van der Waals surface area contributed by atoms with Crippen molar-refractivity contribution in [3.63, 3.8) is 0 Å². The standard InChI is InChI=1S/C28H30F3N3O3S.C23H22F3N3OS.C22H20F3N3OS.C15H15ClF3NS.C8H8N2O.C6H11BrO2.CH4/c1-5-6-7-22-23(38-26(33-22)18-8-10-20(11-9-18)28(29,30)31)16-34-13-12-19-14-21(15-32-25(19)34)36-17-24(35)37-27(2,3)4;1-3-4-5-19-20(14-29-11-10-16-12-18(30-2)13-27-21(16)29)31-22(28-19)15-6-8-17(9-7-15)23(24,25)26;1-2-3-4-18-19(13-28-10-9-15-11-17(29)12-26-20(15)28)30-21(27-18)14-5-7-16(8-6-14)22(23,24)25;1-2-3-4-12-13(9-16)21-14(20-12)10-5-7-11(8-6-10)15(17,18)19;1-11-7-4-6-2-3-9-8(6)10-5-7;1-6(2,3)9-5(8)4-7;/h8-15H,5-7,16-17H2,1-4H3;6-13H,3-5,14H2,1-2H3;5-12,29H,2-4,13H2,1H3;5-8H,2-4,9H2,1H3;2-5H,1H3,(H,9,10);4H2,1-3H3;1H4. The van der Waals surface area contributed by atoms with Gasteiger partial charge in [-0.2, -0.15) is 52.7 Å². The van der Waals surface area contributed by atoms with Crippen LogP contribution in [0.2, 0.25) is 0 Å². The number of aromatic hydroxyl groups is 1. The molecule has 0 spiro atoms. The monoisotopic (exact) mass is 2110 g/mol. The number of H-pyrrole nitrogens is 1. The second kappa shape index (κ2) is 50.3. The first-order chi connectivity index (χ1) is 66.5. The summed E-state index contributed by atoms with van der Waals surface area (Å²) in [4.78, 5) is 66.1. The van der Waals surface area contributed by atoms with Crippen molar-refractivity contribution in [2.45, 2.75) is 215 Å². The van der Waals surface area contributed by atoms with Crippen LogP contribution in [0.25, 0.3) is 86.4 Å². The van der Waals surface area contributed by atoms with Gasteiger partial charge >= 0.3 is 36.6 Å². The number of hydrogen-bond donors (Lipinski definition) is 2. The number of esters is 2. The number of rotatable bonds is 29. The number of alkyl halides is 14. The quantitative estimate of drug-likeness (QED) is 0.0252. The number of nitrogens with one attached hydrogen (secondary N) is 1. The van der Waals surface area contributed by atoms with Gasteiger partial charge in [-0.15, -0.1) is 56.9 Å². The van der Waals surface area contributed by atoms with Gasteiger partial charge in [0.15, 0.2) is 6.61 Å². The molecule has 38 heteroatoms. The lowest BCUT2D eigenvalue weighted by molar-refractivity contribution is -0.157. The molecule has 16 aromatic rings. The van der Waals surface area contributed by atoms with Gasteiger partial charge in [0.25, 0.3) is 0 Å². The predicted molar refractivity (Wildman–Crippen MR) is 539 cm³/mol. The van der Waals surface area contributed by atoms with E-state index >= 15 is 0 Å². The SMILES string of the molecule is C.CC(C)(C)OC(=O)CBr.CCCCc1nc(-c2ccc(C(F)(F)F)cc2)sc1CCl.CCCCc1nc(-c2ccc(C(F)(F)F)cc2)sc1Cn1ccc2cc(O)cnc21.CCCCc1nc(-c2ccc(C(F)(F)F)cc2)sc1Cn1ccc2cc(OC)cnc21.CCCCc1nc(-c2ccc(C(F)(F)F)cc2)sc1Cn1ccc2cc(OCC(=O)OC(C)(C)C)cnc21.COc1cnc2[nH]ccc2c1. The third-order valence-corrected chi connectivity index (χ3v) is 26.4. The zero-order chi connectivity index (χ0) is 101. The van der Waals surface area contributed by atoms with Gasteiger partial charge in [0, 0.05) is 88.1 Å². The molecule has 0 amide bonds. The molecule has 0 atom stereocenters. The lowest BCUT2D eigenvalue weighted by Gasteiger charge is -2.19. The van der Waals surface area contributed by atoms with Crippen LogP contribution in [-0.4, -0.2) is 113 Å². The molecule has 0 aliphatic rings. The smallest absolute Gasteiger partial charge is 0.416 e. The molecule has 141 heavy (non-hydrogen) atoms. The van der Waals surface area contributed by atoms with Crippen LogP contribution in [0.15, 0.2) is 195 Å². The van der Waals surface area contributed by atoms with E-state index in [2.05, 4.69) is 78.1 Å². The zero-order valence-electron chi connectivity index (χ0n) is 78.9. The second-order valence-electron chi connectivity index (χ2n) is 34.1. The first kappa shape index (κ1) is 111. The molecule has 16 rings (SSSR count). The highest BCUT2D eigenvalue weighted by Gasteiger charge is 2.34. The molecule has 0 radical (unpaired) electrons. The van der Waals surface area contributed by atoms with Crippen molar-refractivity contribution in [3.8, 4) is 65.3 Å². The maximum Gasteiger partial charge on any atom is 0.416 e. The van der Waals surface area contributed by atoms with E-state index in [9.17, 15) is 67.4 Å². The van der Waals surface area contributed by atoms with E-state index in [4.69, 9.17) is 50.2 Å². The minimum Gasteiger partial charge on any atom is -0.506 e. The number of benzene rings is 4. The maximum atomic E-state index is 13.0. The number of unbranched alkanes of at least 4 members (excludes halogenated alkanes) is 4. The van der Waals surface area contributed by atoms with E-state index in [1.165, 1.54) is 100 Å². The highest BCUT2D eigenvalue weighted by molar-refractivity contribution is 9.09.